The van der Waals surface area contributed by atoms with Gasteiger partial charge in [-0.25, -0.2) is 8.42 Å². The quantitative estimate of drug-likeness (QED) is 0.854. The molecule has 0 radical (unpaired) electrons. The molecule has 0 bridgehead atoms. The third-order valence-corrected chi connectivity index (χ3v) is 6.50. The highest BCUT2D eigenvalue weighted by atomic mass is 32.2. The average molecular weight is 314 g/mol. The Morgan fingerprint density at radius 1 is 0.955 bits per heavy atom. The van der Waals surface area contributed by atoms with Crippen LogP contribution in [0.15, 0.2) is 59.5 Å². The summed E-state index contributed by atoms with van der Waals surface area (Å²) < 4.78 is 28.0. The summed E-state index contributed by atoms with van der Waals surface area (Å²) in [5.41, 5.74) is 1.99. The van der Waals surface area contributed by atoms with Crippen LogP contribution in [0.25, 0.3) is 0 Å². The zero-order valence-corrected chi connectivity index (χ0v) is 13.2. The minimum Gasteiger partial charge on any atom is -0.304 e. The molecule has 4 nitrogen and oxygen atoms in total. The monoisotopic (exact) mass is 314 g/mol. The van der Waals surface area contributed by atoms with E-state index in [1.54, 1.807) is 28.6 Å². The standard InChI is InChI=1S/C17H18N2O2S/c1-18-11-15-14-9-5-6-10-16(14)19(17(15)12-18)22(20,21)13-7-3-2-4-8-13/h2-10,15,17H,11-12H2,1H3/t15-,17-/m0/s1. The Balaban J connectivity index is 1.87. The molecule has 0 saturated carbocycles. The van der Waals surface area contributed by atoms with Gasteiger partial charge in [0, 0.05) is 19.0 Å². The second kappa shape index (κ2) is 4.83. The lowest BCUT2D eigenvalue weighted by Gasteiger charge is -2.26. The number of sulfonamides is 1. The van der Waals surface area contributed by atoms with Crippen molar-refractivity contribution in [1.82, 2.24) is 4.90 Å². The Morgan fingerprint density at radius 3 is 2.41 bits per heavy atom. The van der Waals surface area contributed by atoms with Crippen molar-refractivity contribution in [1.29, 1.82) is 0 Å². The van der Waals surface area contributed by atoms with E-state index in [1.165, 1.54) is 0 Å². The van der Waals surface area contributed by atoms with E-state index in [9.17, 15) is 8.42 Å². The van der Waals surface area contributed by atoms with Gasteiger partial charge in [-0.2, -0.15) is 0 Å². The van der Waals surface area contributed by atoms with E-state index in [2.05, 4.69) is 11.0 Å². The zero-order valence-electron chi connectivity index (χ0n) is 12.4. The molecule has 2 aromatic rings. The van der Waals surface area contributed by atoms with Gasteiger partial charge in [0.25, 0.3) is 10.0 Å². The first-order chi connectivity index (χ1) is 10.6. The fourth-order valence-corrected chi connectivity index (χ4v) is 5.44. The van der Waals surface area contributed by atoms with Gasteiger partial charge in [-0.3, -0.25) is 4.31 Å². The second-order valence-corrected chi connectivity index (χ2v) is 7.88. The van der Waals surface area contributed by atoms with Crippen molar-refractivity contribution in [2.75, 3.05) is 24.4 Å². The van der Waals surface area contributed by atoms with Crippen LogP contribution in [0.5, 0.6) is 0 Å². The molecule has 2 aromatic carbocycles. The Morgan fingerprint density at radius 2 is 1.64 bits per heavy atom. The van der Waals surface area contributed by atoms with Gasteiger partial charge in [0.1, 0.15) is 0 Å². The highest BCUT2D eigenvalue weighted by molar-refractivity contribution is 7.92. The summed E-state index contributed by atoms with van der Waals surface area (Å²) in [5, 5.41) is 0. The molecular weight excluding hydrogens is 296 g/mol. The molecule has 1 fully saturated rings. The summed E-state index contributed by atoms with van der Waals surface area (Å²) in [6.07, 6.45) is 0. The van der Waals surface area contributed by atoms with E-state index in [-0.39, 0.29) is 12.0 Å². The van der Waals surface area contributed by atoms with E-state index in [1.807, 2.05) is 31.3 Å². The van der Waals surface area contributed by atoms with Crippen LogP contribution in [0, 0.1) is 0 Å². The summed E-state index contributed by atoms with van der Waals surface area (Å²) in [4.78, 5) is 2.57. The van der Waals surface area contributed by atoms with Crippen LogP contribution in [0.2, 0.25) is 0 Å². The normalized spacial score (nSPS) is 24.3. The minimum atomic E-state index is -3.52. The van der Waals surface area contributed by atoms with E-state index in [4.69, 9.17) is 0 Å². The maximum atomic E-state index is 13.2. The van der Waals surface area contributed by atoms with Gasteiger partial charge in [-0.15, -0.1) is 0 Å². The number of hydrogen-bond donors (Lipinski definition) is 0. The number of likely N-dealkylation sites (N-methyl/N-ethyl adjacent to an activating group) is 1. The first-order valence-electron chi connectivity index (χ1n) is 7.46. The van der Waals surface area contributed by atoms with Crippen molar-refractivity contribution >= 4 is 15.7 Å². The lowest BCUT2D eigenvalue weighted by molar-refractivity contribution is 0.406. The summed E-state index contributed by atoms with van der Waals surface area (Å²) >= 11 is 0. The van der Waals surface area contributed by atoms with Gasteiger partial charge in [0.05, 0.1) is 16.6 Å². The average Bonchev–Trinajstić information content (AvgIpc) is 3.03. The van der Waals surface area contributed by atoms with Crippen molar-refractivity contribution in [2.45, 2.75) is 16.9 Å². The molecule has 22 heavy (non-hydrogen) atoms. The van der Waals surface area contributed by atoms with Crippen molar-refractivity contribution < 1.29 is 8.42 Å². The molecule has 2 heterocycles. The summed E-state index contributed by atoms with van der Waals surface area (Å²) in [5.74, 6) is 0.264. The Kier molecular flexibility index (Phi) is 3.03. The van der Waals surface area contributed by atoms with Gasteiger partial charge >= 0.3 is 0 Å². The van der Waals surface area contributed by atoms with Crippen molar-refractivity contribution in [3.8, 4) is 0 Å². The fraction of sp³-hybridized carbons (Fsp3) is 0.294. The summed E-state index contributed by atoms with van der Waals surface area (Å²) in [6, 6.07) is 16.6. The molecule has 114 valence electrons. The minimum absolute atomic E-state index is 0.00685. The molecule has 0 spiro atoms. The van der Waals surface area contributed by atoms with Crippen molar-refractivity contribution in [3.63, 3.8) is 0 Å². The van der Waals surface area contributed by atoms with Gasteiger partial charge in [0.15, 0.2) is 0 Å². The Labute approximate surface area is 131 Å². The molecule has 4 rings (SSSR count). The molecule has 2 aliphatic heterocycles. The van der Waals surface area contributed by atoms with Crippen LogP contribution in [0.4, 0.5) is 5.69 Å². The molecular formula is C17H18N2O2S. The van der Waals surface area contributed by atoms with Crippen LogP contribution in [-0.2, 0) is 10.0 Å². The molecule has 0 unspecified atom stereocenters. The lowest BCUT2D eigenvalue weighted by atomic mass is 9.98. The van der Waals surface area contributed by atoms with Gasteiger partial charge in [-0.05, 0) is 30.8 Å². The maximum Gasteiger partial charge on any atom is 0.264 e. The predicted molar refractivity (Wildman–Crippen MR) is 86.6 cm³/mol. The van der Waals surface area contributed by atoms with E-state index in [0.29, 0.717) is 4.90 Å². The molecule has 0 aliphatic carbocycles. The number of para-hydroxylation sites is 1. The van der Waals surface area contributed by atoms with Crippen molar-refractivity contribution in [2.24, 2.45) is 0 Å². The summed E-state index contributed by atoms with van der Waals surface area (Å²) in [7, 11) is -1.47. The third kappa shape index (κ3) is 1.89. The number of rotatable bonds is 2. The van der Waals surface area contributed by atoms with Gasteiger partial charge < -0.3 is 4.90 Å². The largest absolute Gasteiger partial charge is 0.304 e. The number of nitrogens with zero attached hydrogens (tertiary/aromatic N) is 2. The fourth-order valence-electron chi connectivity index (χ4n) is 3.72. The van der Waals surface area contributed by atoms with Crippen molar-refractivity contribution in [3.05, 3.63) is 60.2 Å². The second-order valence-electron chi connectivity index (χ2n) is 6.07. The van der Waals surface area contributed by atoms with Gasteiger partial charge in [-0.1, -0.05) is 36.4 Å². The third-order valence-electron chi connectivity index (χ3n) is 4.65. The smallest absolute Gasteiger partial charge is 0.264 e. The van der Waals surface area contributed by atoms with Gasteiger partial charge in [0.2, 0.25) is 0 Å². The van der Waals surface area contributed by atoms with Crippen LogP contribution < -0.4 is 4.31 Å². The zero-order chi connectivity index (χ0) is 15.3. The van der Waals surface area contributed by atoms with Crippen LogP contribution in [-0.4, -0.2) is 39.5 Å². The molecule has 2 aliphatic rings. The van der Waals surface area contributed by atoms with Crippen LogP contribution >= 0.6 is 0 Å². The summed E-state index contributed by atoms with van der Waals surface area (Å²) in [6.45, 7) is 1.67. The first kappa shape index (κ1) is 13.8. The molecule has 1 saturated heterocycles. The number of hydrogen-bond acceptors (Lipinski definition) is 3. The van der Waals surface area contributed by atoms with Crippen LogP contribution in [0.3, 0.4) is 0 Å². The highest BCUT2D eigenvalue weighted by Crippen LogP contribution is 2.46. The van der Waals surface area contributed by atoms with E-state index in [0.717, 1.165) is 24.3 Å². The van der Waals surface area contributed by atoms with E-state index >= 15 is 0 Å². The Bertz CT molecular complexity index is 804. The SMILES string of the molecule is CN1C[C@H]2c3ccccc3N(S(=O)(=O)c3ccccc3)[C@H]2C1. The highest BCUT2D eigenvalue weighted by Gasteiger charge is 2.48. The lowest BCUT2D eigenvalue weighted by Crippen LogP contribution is -2.40. The molecule has 0 N–H and O–H groups in total. The van der Waals surface area contributed by atoms with Crippen LogP contribution in [0.1, 0.15) is 11.5 Å². The number of anilines is 1. The Hall–Kier alpha value is -1.85. The topological polar surface area (TPSA) is 40.6 Å². The maximum absolute atomic E-state index is 13.2. The first-order valence-corrected chi connectivity index (χ1v) is 8.90. The molecule has 0 amide bonds. The number of fused-ring (bicyclic) bond motifs is 3. The molecule has 5 heteroatoms. The molecule has 2 atom stereocenters. The number of benzene rings is 2. The van der Waals surface area contributed by atoms with E-state index < -0.39 is 10.0 Å². The predicted octanol–water partition coefficient (Wildman–Crippen LogP) is 2.29. The molecule has 0 aromatic heterocycles. The number of likely N-dealkylation sites (tertiary alicyclic amines) is 1.